The van der Waals surface area contributed by atoms with E-state index in [0.717, 1.165) is 23.6 Å². The smallest absolute Gasteiger partial charge is 0.435 e. The molecule has 1 aromatic heterocycles. The topological polar surface area (TPSA) is 64.4 Å². The van der Waals surface area contributed by atoms with Crippen molar-refractivity contribution in [2.75, 3.05) is 13.2 Å². The van der Waals surface area contributed by atoms with E-state index in [9.17, 15) is 27.2 Å². The Kier molecular flexibility index (Phi) is 7.92. The number of hydrogen-bond donors (Lipinski definition) is 0. The van der Waals surface area contributed by atoms with Crippen LogP contribution < -0.4 is 0 Å². The number of carbonyl (C=O) groups excluding carboxylic acids is 2. The summed E-state index contributed by atoms with van der Waals surface area (Å²) in [7, 11) is 0. The number of esters is 1. The van der Waals surface area contributed by atoms with Gasteiger partial charge in [-0.3, -0.25) is 14.3 Å². The van der Waals surface area contributed by atoms with Gasteiger partial charge in [0.25, 0.3) is 0 Å². The Balaban J connectivity index is 1.47. The highest BCUT2D eigenvalue weighted by atomic mass is 35.5. The number of benzene rings is 1. The number of amides is 1. The second kappa shape index (κ2) is 10.8. The quantitative estimate of drug-likeness (QED) is 0.372. The van der Waals surface area contributed by atoms with Gasteiger partial charge in [-0.2, -0.15) is 18.3 Å². The molecular formula is C25H28ClF4N3O3. The first-order valence-corrected chi connectivity index (χ1v) is 12.5. The standard InChI is InChI=1S/C25H28ClF4N3O3/c1-2-36-24(35)16-5-3-15(4-6-16)11-22(34)32-10-9-19-21(14-32)33(31-23(19)25(28,29)30)13-17-7-8-18(26)12-20(17)27/h7-8,12,15-16H,2-6,9-11,13-14H2,1H3/t15-,16-. The van der Waals surface area contributed by atoms with E-state index in [2.05, 4.69) is 5.10 Å². The zero-order chi connectivity index (χ0) is 26.0. The lowest BCUT2D eigenvalue weighted by Crippen LogP contribution is -2.38. The maximum Gasteiger partial charge on any atom is 0.435 e. The number of aromatic nitrogens is 2. The molecule has 2 heterocycles. The summed E-state index contributed by atoms with van der Waals surface area (Å²) in [5.74, 6) is -1.00. The van der Waals surface area contributed by atoms with Crippen LogP contribution in [0, 0.1) is 17.7 Å². The van der Waals surface area contributed by atoms with Gasteiger partial charge in [0.15, 0.2) is 5.69 Å². The lowest BCUT2D eigenvalue weighted by molar-refractivity contribution is -0.149. The Bertz CT molecular complexity index is 1130. The molecule has 1 amide bonds. The van der Waals surface area contributed by atoms with Gasteiger partial charge >= 0.3 is 12.1 Å². The molecule has 0 atom stereocenters. The SMILES string of the molecule is CCOC(=O)[C@H]1CC[C@H](CC(=O)N2CCc3c(C(F)(F)F)nn(Cc4ccc(Cl)cc4F)c3C2)CC1. The predicted molar refractivity (Wildman–Crippen MR) is 124 cm³/mol. The van der Waals surface area contributed by atoms with Gasteiger partial charge in [-0.05, 0) is 57.1 Å². The van der Waals surface area contributed by atoms with Crippen molar-refractivity contribution in [2.45, 2.75) is 64.7 Å². The van der Waals surface area contributed by atoms with Crippen LogP contribution in [0.4, 0.5) is 17.6 Å². The first-order chi connectivity index (χ1) is 17.1. The molecular weight excluding hydrogens is 502 g/mol. The lowest BCUT2D eigenvalue weighted by atomic mass is 9.80. The molecule has 11 heteroatoms. The van der Waals surface area contributed by atoms with Crippen LogP contribution in [0.15, 0.2) is 18.2 Å². The Morgan fingerprint density at radius 3 is 2.56 bits per heavy atom. The molecule has 0 unspecified atom stereocenters. The minimum absolute atomic E-state index is 0.0224. The molecule has 36 heavy (non-hydrogen) atoms. The zero-order valence-electron chi connectivity index (χ0n) is 19.9. The Hall–Kier alpha value is -2.62. The molecule has 4 rings (SSSR count). The van der Waals surface area contributed by atoms with E-state index in [1.807, 2.05) is 0 Å². The summed E-state index contributed by atoms with van der Waals surface area (Å²) >= 11 is 5.79. The minimum Gasteiger partial charge on any atom is -0.466 e. The van der Waals surface area contributed by atoms with Crippen LogP contribution in [-0.4, -0.2) is 39.7 Å². The summed E-state index contributed by atoms with van der Waals surface area (Å²) < 4.78 is 61.6. The van der Waals surface area contributed by atoms with Crippen molar-refractivity contribution in [2.24, 2.45) is 11.8 Å². The number of carbonyl (C=O) groups is 2. The van der Waals surface area contributed by atoms with Crippen molar-refractivity contribution < 1.29 is 31.9 Å². The third-order valence-corrected chi connectivity index (χ3v) is 7.26. The molecule has 1 aromatic carbocycles. The van der Waals surface area contributed by atoms with Crippen molar-refractivity contribution in [1.29, 1.82) is 0 Å². The normalized spacial score (nSPS) is 20.2. The maximum absolute atomic E-state index is 14.4. The van der Waals surface area contributed by atoms with Crippen molar-refractivity contribution in [3.05, 3.63) is 51.6 Å². The second-order valence-corrected chi connectivity index (χ2v) is 9.84. The van der Waals surface area contributed by atoms with Crippen molar-refractivity contribution in [1.82, 2.24) is 14.7 Å². The number of alkyl halides is 3. The van der Waals surface area contributed by atoms with E-state index in [4.69, 9.17) is 16.3 Å². The van der Waals surface area contributed by atoms with E-state index in [1.54, 1.807) is 11.8 Å². The maximum atomic E-state index is 14.4. The van der Waals surface area contributed by atoms with Gasteiger partial charge < -0.3 is 9.64 Å². The monoisotopic (exact) mass is 529 g/mol. The van der Waals surface area contributed by atoms with Crippen LogP contribution in [0.2, 0.25) is 5.02 Å². The van der Waals surface area contributed by atoms with E-state index in [1.165, 1.54) is 12.1 Å². The minimum atomic E-state index is -4.66. The predicted octanol–water partition coefficient (Wildman–Crippen LogP) is 5.39. The Morgan fingerprint density at radius 1 is 1.19 bits per heavy atom. The van der Waals surface area contributed by atoms with Crippen molar-refractivity contribution >= 4 is 23.5 Å². The van der Waals surface area contributed by atoms with Gasteiger partial charge in [-0.1, -0.05) is 17.7 Å². The van der Waals surface area contributed by atoms with Crippen molar-refractivity contribution in [3.8, 4) is 0 Å². The highest BCUT2D eigenvalue weighted by molar-refractivity contribution is 6.30. The van der Waals surface area contributed by atoms with Crippen LogP contribution in [0.5, 0.6) is 0 Å². The van der Waals surface area contributed by atoms with Gasteiger partial charge in [0.2, 0.25) is 5.91 Å². The van der Waals surface area contributed by atoms with Gasteiger partial charge in [0.05, 0.1) is 31.3 Å². The third-order valence-electron chi connectivity index (χ3n) is 7.03. The molecule has 0 N–H and O–H groups in total. The highest BCUT2D eigenvalue weighted by Crippen LogP contribution is 2.36. The number of fused-ring (bicyclic) bond motifs is 1. The van der Waals surface area contributed by atoms with Crippen LogP contribution in [0.3, 0.4) is 0 Å². The largest absolute Gasteiger partial charge is 0.466 e. The van der Waals surface area contributed by atoms with Crippen LogP contribution >= 0.6 is 11.6 Å². The fourth-order valence-corrected chi connectivity index (χ4v) is 5.26. The summed E-state index contributed by atoms with van der Waals surface area (Å²) in [4.78, 5) is 26.6. The summed E-state index contributed by atoms with van der Waals surface area (Å²) in [6.45, 7) is 2.04. The van der Waals surface area contributed by atoms with Crippen LogP contribution in [0.25, 0.3) is 0 Å². The van der Waals surface area contributed by atoms with E-state index in [-0.39, 0.29) is 78.0 Å². The molecule has 6 nitrogen and oxygen atoms in total. The molecule has 0 saturated heterocycles. The fraction of sp³-hybridized carbons (Fsp3) is 0.560. The number of rotatable bonds is 6. The third kappa shape index (κ3) is 5.85. The summed E-state index contributed by atoms with van der Waals surface area (Å²) in [6, 6.07) is 3.98. The van der Waals surface area contributed by atoms with Crippen LogP contribution in [0.1, 0.15) is 61.5 Å². The zero-order valence-corrected chi connectivity index (χ0v) is 20.7. The average Bonchev–Trinajstić information content (AvgIpc) is 3.20. The molecule has 2 aliphatic rings. The lowest BCUT2D eigenvalue weighted by Gasteiger charge is -2.31. The van der Waals surface area contributed by atoms with E-state index in [0.29, 0.717) is 19.4 Å². The first-order valence-electron chi connectivity index (χ1n) is 12.1. The molecule has 1 aliphatic heterocycles. The molecule has 196 valence electrons. The average molecular weight is 530 g/mol. The molecule has 1 fully saturated rings. The second-order valence-electron chi connectivity index (χ2n) is 9.40. The molecule has 1 saturated carbocycles. The Labute approximate surface area is 211 Å². The first kappa shape index (κ1) is 26.4. The van der Waals surface area contributed by atoms with Crippen LogP contribution in [-0.2, 0) is 40.0 Å². The number of hydrogen-bond acceptors (Lipinski definition) is 4. The highest BCUT2D eigenvalue weighted by Gasteiger charge is 2.41. The van der Waals surface area contributed by atoms with E-state index < -0.39 is 17.7 Å². The summed E-state index contributed by atoms with van der Waals surface area (Å²) in [5.41, 5.74) is -0.519. The Morgan fingerprint density at radius 2 is 1.92 bits per heavy atom. The fourth-order valence-electron chi connectivity index (χ4n) is 5.10. The van der Waals surface area contributed by atoms with Gasteiger partial charge in [0, 0.05) is 29.1 Å². The summed E-state index contributed by atoms with van der Waals surface area (Å²) in [6.07, 6.45) is -1.59. The van der Waals surface area contributed by atoms with Gasteiger partial charge in [0.1, 0.15) is 5.82 Å². The van der Waals surface area contributed by atoms with Gasteiger partial charge in [-0.25, -0.2) is 4.39 Å². The van der Waals surface area contributed by atoms with Crippen molar-refractivity contribution in [3.63, 3.8) is 0 Å². The van der Waals surface area contributed by atoms with Gasteiger partial charge in [-0.15, -0.1) is 0 Å². The number of halogens is 5. The molecule has 2 aromatic rings. The van der Waals surface area contributed by atoms with E-state index >= 15 is 0 Å². The number of ether oxygens (including phenoxy) is 1. The molecule has 1 aliphatic carbocycles. The number of nitrogens with zero attached hydrogens (tertiary/aromatic N) is 3. The molecule has 0 spiro atoms. The summed E-state index contributed by atoms with van der Waals surface area (Å²) in [5, 5.41) is 3.96. The molecule has 0 radical (unpaired) electrons. The molecule has 0 bridgehead atoms.